The third-order valence-electron chi connectivity index (χ3n) is 6.87. The fraction of sp³-hybridized carbons (Fsp3) is 0.241. The molecule has 2 aromatic carbocycles. The van der Waals surface area contributed by atoms with Gasteiger partial charge < -0.3 is 14.6 Å². The minimum Gasteiger partial charge on any atom is -0.507 e. The largest absolute Gasteiger partial charge is 0.507 e. The molecule has 0 bridgehead atoms. The zero-order valence-electron chi connectivity index (χ0n) is 20.2. The summed E-state index contributed by atoms with van der Waals surface area (Å²) in [6, 6.07) is 21.6. The molecule has 4 aromatic rings. The summed E-state index contributed by atoms with van der Waals surface area (Å²) in [4.78, 5) is 22.3. The van der Waals surface area contributed by atoms with Gasteiger partial charge in [0.05, 0.1) is 23.8 Å². The van der Waals surface area contributed by atoms with Crippen LogP contribution in [0.5, 0.6) is 5.75 Å². The SMILES string of the molecule is Cc1cc(O)c([C@@H](c2ccncc2)N2CCN(c3ccccc3F)CC2)c(=O)n1Cc1ccccc1. The number of piperazine rings is 1. The molecule has 184 valence electrons. The lowest BCUT2D eigenvalue weighted by Gasteiger charge is -2.40. The zero-order valence-corrected chi connectivity index (χ0v) is 20.2. The highest BCUT2D eigenvalue weighted by atomic mass is 19.1. The van der Waals surface area contributed by atoms with Gasteiger partial charge in [0.2, 0.25) is 0 Å². The number of benzene rings is 2. The van der Waals surface area contributed by atoms with E-state index < -0.39 is 6.04 Å². The maximum Gasteiger partial charge on any atom is 0.259 e. The highest BCUT2D eigenvalue weighted by molar-refractivity contribution is 5.48. The van der Waals surface area contributed by atoms with Crippen LogP contribution >= 0.6 is 0 Å². The predicted octanol–water partition coefficient (Wildman–Crippen LogP) is 4.36. The van der Waals surface area contributed by atoms with Gasteiger partial charge in [0.1, 0.15) is 11.6 Å². The molecule has 6 nitrogen and oxygen atoms in total. The fourth-order valence-electron chi connectivity index (χ4n) is 5.02. The number of rotatable bonds is 6. The summed E-state index contributed by atoms with van der Waals surface area (Å²) in [5, 5.41) is 11.1. The number of aromatic nitrogens is 2. The number of hydrogen-bond donors (Lipinski definition) is 1. The van der Waals surface area contributed by atoms with Gasteiger partial charge in [-0.05, 0) is 48.4 Å². The normalized spacial score (nSPS) is 15.1. The van der Waals surface area contributed by atoms with Gasteiger partial charge in [0, 0.05) is 44.3 Å². The quantitative estimate of drug-likeness (QED) is 0.441. The van der Waals surface area contributed by atoms with Gasteiger partial charge in [-0.2, -0.15) is 0 Å². The summed E-state index contributed by atoms with van der Waals surface area (Å²) in [5.41, 5.74) is 3.31. The molecule has 0 spiro atoms. The van der Waals surface area contributed by atoms with E-state index in [4.69, 9.17) is 0 Å². The van der Waals surface area contributed by atoms with Crippen molar-refractivity contribution in [1.29, 1.82) is 0 Å². The lowest BCUT2D eigenvalue weighted by Crippen LogP contribution is -2.49. The summed E-state index contributed by atoms with van der Waals surface area (Å²) < 4.78 is 16.1. The first kappa shape index (κ1) is 23.8. The lowest BCUT2D eigenvalue weighted by molar-refractivity contribution is 0.207. The van der Waals surface area contributed by atoms with Gasteiger partial charge in [0.15, 0.2) is 0 Å². The number of hydrogen-bond acceptors (Lipinski definition) is 5. The Morgan fingerprint density at radius 2 is 1.61 bits per heavy atom. The molecule has 2 aromatic heterocycles. The van der Waals surface area contributed by atoms with E-state index in [1.54, 1.807) is 35.2 Å². The highest BCUT2D eigenvalue weighted by Gasteiger charge is 2.32. The third kappa shape index (κ3) is 4.75. The molecule has 0 aliphatic carbocycles. The second-order valence-corrected chi connectivity index (χ2v) is 9.12. The van der Waals surface area contributed by atoms with Crippen LogP contribution in [0.1, 0.15) is 28.4 Å². The molecule has 1 aliphatic rings. The number of aryl methyl sites for hydroxylation is 1. The van der Waals surface area contributed by atoms with E-state index in [1.165, 1.54) is 6.07 Å². The van der Waals surface area contributed by atoms with Crippen LogP contribution in [0.4, 0.5) is 10.1 Å². The fourth-order valence-corrected chi connectivity index (χ4v) is 5.02. The summed E-state index contributed by atoms with van der Waals surface area (Å²) in [5.74, 6) is -0.253. The molecule has 7 heteroatoms. The lowest BCUT2D eigenvalue weighted by atomic mass is 9.96. The number of nitrogens with zero attached hydrogens (tertiary/aromatic N) is 4. The van der Waals surface area contributed by atoms with Gasteiger partial charge in [-0.15, -0.1) is 0 Å². The van der Waals surface area contributed by atoms with Crippen LogP contribution in [0, 0.1) is 12.7 Å². The average molecular weight is 485 g/mol. The van der Waals surface area contributed by atoms with Crippen molar-refractivity contribution < 1.29 is 9.50 Å². The van der Waals surface area contributed by atoms with Crippen LogP contribution in [0.2, 0.25) is 0 Å². The van der Waals surface area contributed by atoms with Crippen molar-refractivity contribution in [3.05, 3.63) is 124 Å². The summed E-state index contributed by atoms with van der Waals surface area (Å²) in [7, 11) is 0. The van der Waals surface area contributed by atoms with E-state index in [-0.39, 0.29) is 17.1 Å². The van der Waals surface area contributed by atoms with E-state index in [0.717, 1.165) is 11.1 Å². The van der Waals surface area contributed by atoms with Crippen LogP contribution in [-0.2, 0) is 6.54 Å². The second kappa shape index (κ2) is 10.3. The van der Waals surface area contributed by atoms with Crippen molar-refractivity contribution in [2.24, 2.45) is 0 Å². The smallest absolute Gasteiger partial charge is 0.259 e. The van der Waals surface area contributed by atoms with Gasteiger partial charge in [0.25, 0.3) is 5.56 Å². The Labute approximate surface area is 209 Å². The Hall–Kier alpha value is -3.97. The van der Waals surface area contributed by atoms with Crippen LogP contribution in [0.15, 0.2) is 90.0 Å². The Bertz CT molecular complexity index is 1380. The molecule has 5 rings (SSSR count). The topological polar surface area (TPSA) is 61.6 Å². The Morgan fingerprint density at radius 3 is 2.31 bits per heavy atom. The van der Waals surface area contributed by atoms with E-state index >= 15 is 0 Å². The minimum absolute atomic E-state index is 0.0137. The molecule has 0 amide bonds. The van der Waals surface area contributed by atoms with Crippen LogP contribution in [-0.4, -0.2) is 45.7 Å². The van der Waals surface area contributed by atoms with Gasteiger partial charge >= 0.3 is 0 Å². The summed E-state index contributed by atoms with van der Waals surface area (Å²) >= 11 is 0. The first-order chi connectivity index (χ1) is 17.5. The van der Waals surface area contributed by atoms with Crippen LogP contribution in [0.25, 0.3) is 0 Å². The predicted molar refractivity (Wildman–Crippen MR) is 139 cm³/mol. The number of halogens is 1. The first-order valence-electron chi connectivity index (χ1n) is 12.1. The molecule has 0 unspecified atom stereocenters. The molecular weight excluding hydrogens is 455 g/mol. The van der Waals surface area contributed by atoms with Gasteiger partial charge in [-0.25, -0.2) is 4.39 Å². The van der Waals surface area contributed by atoms with E-state index in [9.17, 15) is 14.3 Å². The minimum atomic E-state index is -0.453. The van der Waals surface area contributed by atoms with E-state index in [0.29, 0.717) is 49.7 Å². The molecule has 36 heavy (non-hydrogen) atoms. The van der Waals surface area contributed by atoms with E-state index in [1.807, 2.05) is 60.4 Å². The summed E-state index contributed by atoms with van der Waals surface area (Å²) in [6.45, 7) is 4.67. The van der Waals surface area contributed by atoms with Gasteiger partial charge in [-0.1, -0.05) is 42.5 Å². The molecular formula is C29H29FN4O2. The van der Waals surface area contributed by atoms with Crippen molar-refractivity contribution in [3.63, 3.8) is 0 Å². The average Bonchev–Trinajstić information content (AvgIpc) is 2.90. The zero-order chi connectivity index (χ0) is 25.1. The molecule has 1 N–H and O–H groups in total. The maximum absolute atomic E-state index is 14.4. The maximum atomic E-state index is 14.4. The van der Waals surface area contributed by atoms with Crippen molar-refractivity contribution in [3.8, 4) is 5.75 Å². The van der Waals surface area contributed by atoms with Crippen molar-refractivity contribution >= 4 is 5.69 Å². The molecule has 1 aliphatic heterocycles. The molecule has 3 heterocycles. The monoisotopic (exact) mass is 484 g/mol. The van der Waals surface area contributed by atoms with Crippen molar-refractivity contribution in [2.45, 2.75) is 19.5 Å². The van der Waals surface area contributed by atoms with Crippen molar-refractivity contribution in [1.82, 2.24) is 14.5 Å². The standard InChI is InChI=1S/C29H29FN4O2/c1-21-19-26(35)27(29(36)34(21)20-22-7-3-2-4-8-22)28(23-11-13-31-14-12-23)33-17-15-32(16-18-33)25-10-6-5-9-24(25)30/h2-14,19,28,35H,15-18,20H2,1H3/t28-/m1/s1. The number of pyridine rings is 2. The van der Waals surface area contributed by atoms with Crippen molar-refractivity contribution in [2.75, 3.05) is 31.1 Å². The van der Waals surface area contributed by atoms with Gasteiger partial charge in [-0.3, -0.25) is 14.7 Å². The Kier molecular flexibility index (Phi) is 6.82. The third-order valence-corrected chi connectivity index (χ3v) is 6.87. The highest BCUT2D eigenvalue weighted by Crippen LogP contribution is 2.34. The number of aromatic hydroxyl groups is 1. The van der Waals surface area contributed by atoms with Crippen LogP contribution < -0.4 is 10.5 Å². The molecule has 0 radical (unpaired) electrons. The molecule has 1 atom stereocenters. The number of para-hydroxylation sites is 1. The summed E-state index contributed by atoms with van der Waals surface area (Å²) in [6.07, 6.45) is 3.40. The van der Waals surface area contributed by atoms with E-state index in [2.05, 4.69) is 9.88 Å². The van der Waals surface area contributed by atoms with Crippen LogP contribution in [0.3, 0.4) is 0 Å². The number of anilines is 1. The molecule has 0 saturated carbocycles. The first-order valence-corrected chi connectivity index (χ1v) is 12.1. The second-order valence-electron chi connectivity index (χ2n) is 9.12. The Balaban J connectivity index is 1.52. The molecule has 1 saturated heterocycles. The molecule has 1 fully saturated rings. The Morgan fingerprint density at radius 1 is 0.944 bits per heavy atom.